The second-order valence-corrected chi connectivity index (χ2v) is 7.14. The molecule has 0 aromatic heterocycles. The summed E-state index contributed by atoms with van der Waals surface area (Å²) in [7, 11) is 1.56. The summed E-state index contributed by atoms with van der Waals surface area (Å²) in [5.74, 6) is -0.571. The predicted molar refractivity (Wildman–Crippen MR) is 108 cm³/mol. The lowest BCUT2D eigenvalue weighted by Crippen LogP contribution is -2.46. The van der Waals surface area contributed by atoms with Crippen molar-refractivity contribution < 1.29 is 19.1 Å². The van der Waals surface area contributed by atoms with E-state index in [-0.39, 0.29) is 12.3 Å². The van der Waals surface area contributed by atoms with E-state index in [0.29, 0.717) is 17.9 Å². The Bertz CT molecular complexity index is 933. The van der Waals surface area contributed by atoms with Gasteiger partial charge in [0.2, 0.25) is 5.91 Å². The zero-order valence-corrected chi connectivity index (χ0v) is 16.8. The Morgan fingerprint density at radius 2 is 1.90 bits per heavy atom. The molecule has 1 amide bonds. The Morgan fingerprint density at radius 1 is 1.21 bits per heavy atom. The number of methoxy groups -OCH3 is 1. The molecule has 0 N–H and O–H groups in total. The van der Waals surface area contributed by atoms with Crippen LogP contribution in [0.15, 0.2) is 48.5 Å². The average molecular weight is 392 g/mol. The van der Waals surface area contributed by atoms with Gasteiger partial charge in [-0.1, -0.05) is 35.9 Å². The van der Waals surface area contributed by atoms with Gasteiger partial charge < -0.3 is 14.4 Å². The number of hydrogen-bond acceptors (Lipinski definition) is 5. The van der Waals surface area contributed by atoms with Gasteiger partial charge in [-0.3, -0.25) is 9.59 Å². The van der Waals surface area contributed by atoms with Gasteiger partial charge in [0.15, 0.2) is 6.10 Å². The van der Waals surface area contributed by atoms with Crippen LogP contribution in [0.5, 0.6) is 5.75 Å². The predicted octanol–water partition coefficient (Wildman–Crippen LogP) is 3.94. The number of ether oxygens (including phenoxy) is 2. The highest BCUT2D eigenvalue weighted by Gasteiger charge is 2.43. The first kappa shape index (κ1) is 20.4. The van der Waals surface area contributed by atoms with E-state index >= 15 is 0 Å². The molecule has 1 fully saturated rings. The number of aryl methyl sites for hydroxylation is 1. The second kappa shape index (κ2) is 8.78. The van der Waals surface area contributed by atoms with E-state index in [9.17, 15) is 9.59 Å². The zero-order chi connectivity index (χ0) is 21.0. The van der Waals surface area contributed by atoms with Crippen LogP contribution < -0.4 is 9.64 Å². The van der Waals surface area contributed by atoms with Crippen LogP contribution >= 0.6 is 0 Å². The molecular weight excluding hydrogens is 368 g/mol. The molecule has 1 saturated heterocycles. The van der Waals surface area contributed by atoms with Gasteiger partial charge in [0.05, 0.1) is 19.1 Å². The summed E-state index contributed by atoms with van der Waals surface area (Å²) < 4.78 is 10.8. The van der Waals surface area contributed by atoms with Crippen molar-refractivity contribution in [3.8, 4) is 11.8 Å². The lowest BCUT2D eigenvalue weighted by atomic mass is 9.83. The fourth-order valence-corrected chi connectivity index (χ4v) is 3.70. The number of carbonyl (C=O) groups excluding carboxylic acids is 2. The number of carbonyl (C=O) groups is 2. The number of benzene rings is 2. The third kappa shape index (κ3) is 4.24. The lowest BCUT2D eigenvalue weighted by molar-refractivity contribution is -0.153. The van der Waals surface area contributed by atoms with Crippen LogP contribution in [-0.2, 0) is 14.3 Å². The fourth-order valence-electron chi connectivity index (χ4n) is 3.70. The van der Waals surface area contributed by atoms with Gasteiger partial charge in [-0.15, -0.1) is 0 Å². The molecule has 1 aliphatic rings. The molecule has 2 aromatic carbocycles. The van der Waals surface area contributed by atoms with Crippen molar-refractivity contribution in [3.63, 3.8) is 0 Å². The zero-order valence-electron chi connectivity index (χ0n) is 16.8. The fraction of sp³-hybridized carbons (Fsp3) is 0.348. The standard InChI is InChI=1S/C23H24N2O4/c1-15-8-10-17(11-9-15)25-21(26)13-12-19(23(27)29-16(2)14-24)22(25)18-6-4-5-7-20(18)28-3/h4-11,16,19,22H,12-13H2,1-3H3/t16-,19-,22-/m0/s1. The van der Waals surface area contributed by atoms with Crippen LogP contribution in [0.25, 0.3) is 0 Å². The van der Waals surface area contributed by atoms with Crippen molar-refractivity contribution in [1.29, 1.82) is 5.26 Å². The molecular formula is C23H24N2O4. The van der Waals surface area contributed by atoms with E-state index in [1.165, 1.54) is 6.92 Å². The van der Waals surface area contributed by atoms with Crippen molar-refractivity contribution in [2.45, 2.75) is 38.8 Å². The summed E-state index contributed by atoms with van der Waals surface area (Å²) in [5.41, 5.74) is 2.52. The van der Waals surface area contributed by atoms with Gasteiger partial charge in [0.1, 0.15) is 11.8 Å². The molecule has 0 bridgehead atoms. The highest BCUT2D eigenvalue weighted by Crippen LogP contribution is 2.43. The van der Waals surface area contributed by atoms with E-state index < -0.39 is 24.0 Å². The number of para-hydroxylation sites is 1. The molecule has 6 heteroatoms. The minimum absolute atomic E-state index is 0.0675. The van der Waals surface area contributed by atoms with Crippen LogP contribution in [0.1, 0.15) is 36.9 Å². The smallest absolute Gasteiger partial charge is 0.312 e. The number of esters is 1. The molecule has 3 rings (SSSR count). The highest BCUT2D eigenvalue weighted by atomic mass is 16.5. The summed E-state index contributed by atoms with van der Waals surface area (Å²) in [5, 5.41) is 9.03. The van der Waals surface area contributed by atoms with Gasteiger partial charge >= 0.3 is 5.97 Å². The van der Waals surface area contributed by atoms with Crippen LogP contribution in [0.2, 0.25) is 0 Å². The molecule has 6 nitrogen and oxygen atoms in total. The summed E-state index contributed by atoms with van der Waals surface area (Å²) in [6.45, 7) is 3.50. The maximum atomic E-state index is 13.0. The number of hydrogen-bond donors (Lipinski definition) is 0. The van der Waals surface area contributed by atoms with Gasteiger partial charge in [0, 0.05) is 17.7 Å². The van der Waals surface area contributed by atoms with Crippen molar-refractivity contribution >= 4 is 17.6 Å². The summed E-state index contributed by atoms with van der Waals surface area (Å²) in [6, 6.07) is 16.3. The van der Waals surface area contributed by atoms with E-state index in [1.807, 2.05) is 61.5 Å². The molecule has 1 aliphatic heterocycles. The number of piperidine rings is 1. The summed E-state index contributed by atoms with van der Waals surface area (Å²) in [4.78, 5) is 27.6. The van der Waals surface area contributed by atoms with Crippen LogP contribution in [-0.4, -0.2) is 25.1 Å². The molecule has 0 spiro atoms. The first-order chi connectivity index (χ1) is 14.0. The second-order valence-electron chi connectivity index (χ2n) is 7.14. The van der Waals surface area contributed by atoms with E-state index in [4.69, 9.17) is 14.7 Å². The number of rotatable bonds is 5. The molecule has 0 aliphatic carbocycles. The molecule has 0 saturated carbocycles. The van der Waals surface area contributed by atoms with Crippen molar-refractivity contribution in [3.05, 3.63) is 59.7 Å². The monoisotopic (exact) mass is 392 g/mol. The van der Waals surface area contributed by atoms with E-state index in [2.05, 4.69) is 0 Å². The van der Waals surface area contributed by atoms with Crippen molar-refractivity contribution in [1.82, 2.24) is 0 Å². The number of anilines is 1. The maximum Gasteiger partial charge on any atom is 0.312 e. The topological polar surface area (TPSA) is 79.6 Å². The van der Waals surface area contributed by atoms with Crippen LogP contribution in [0, 0.1) is 24.2 Å². The SMILES string of the molecule is COc1ccccc1[C@H]1[C@@H](C(=O)O[C@@H](C)C#N)CCC(=O)N1c1ccc(C)cc1. The highest BCUT2D eigenvalue weighted by molar-refractivity contribution is 5.97. The van der Waals surface area contributed by atoms with Gasteiger partial charge in [-0.05, 0) is 38.5 Å². The Hall–Kier alpha value is -3.33. The minimum Gasteiger partial charge on any atom is -0.496 e. The molecule has 2 aromatic rings. The molecule has 0 unspecified atom stereocenters. The largest absolute Gasteiger partial charge is 0.496 e. The molecule has 0 radical (unpaired) electrons. The third-order valence-electron chi connectivity index (χ3n) is 5.14. The quantitative estimate of drug-likeness (QED) is 0.720. The average Bonchev–Trinajstić information content (AvgIpc) is 2.74. The summed E-state index contributed by atoms with van der Waals surface area (Å²) >= 11 is 0. The number of nitrogens with zero attached hydrogens (tertiary/aromatic N) is 2. The Labute approximate surface area is 170 Å². The minimum atomic E-state index is -0.855. The normalized spacial score (nSPS) is 19.9. The van der Waals surface area contributed by atoms with Crippen LogP contribution in [0.4, 0.5) is 5.69 Å². The summed E-state index contributed by atoms with van der Waals surface area (Å²) in [6.07, 6.45) is -0.285. The van der Waals surface area contributed by atoms with Gasteiger partial charge in [0.25, 0.3) is 0 Å². The molecule has 1 heterocycles. The van der Waals surface area contributed by atoms with Gasteiger partial charge in [-0.2, -0.15) is 5.26 Å². The van der Waals surface area contributed by atoms with Gasteiger partial charge in [-0.25, -0.2) is 0 Å². The van der Waals surface area contributed by atoms with E-state index in [0.717, 1.165) is 11.1 Å². The Kier molecular flexibility index (Phi) is 6.18. The van der Waals surface area contributed by atoms with E-state index in [1.54, 1.807) is 12.0 Å². The van der Waals surface area contributed by atoms with Crippen molar-refractivity contribution in [2.75, 3.05) is 12.0 Å². The third-order valence-corrected chi connectivity index (χ3v) is 5.14. The first-order valence-corrected chi connectivity index (χ1v) is 9.58. The Balaban J connectivity index is 2.11. The first-order valence-electron chi connectivity index (χ1n) is 9.58. The number of amides is 1. The van der Waals surface area contributed by atoms with Crippen LogP contribution in [0.3, 0.4) is 0 Å². The van der Waals surface area contributed by atoms with Crippen molar-refractivity contribution in [2.24, 2.45) is 5.92 Å². The number of nitriles is 1. The molecule has 150 valence electrons. The molecule has 29 heavy (non-hydrogen) atoms. The lowest BCUT2D eigenvalue weighted by Gasteiger charge is -2.41. The Morgan fingerprint density at radius 3 is 2.55 bits per heavy atom. The maximum absolute atomic E-state index is 13.0. The molecule has 3 atom stereocenters.